The SMILES string of the molecule is CCCC(C)(C)C(=O)OCCCn1ccc2cc(CC(C)NCCOc3ccccc3OCC(F)(F)F)cc(C(N)=O)c21. The quantitative estimate of drug-likeness (QED) is 0.144. The van der Waals surface area contributed by atoms with Crippen LogP contribution in [-0.2, 0) is 22.5 Å². The van der Waals surface area contributed by atoms with Crippen LogP contribution < -0.4 is 20.5 Å². The number of carbonyl (C=O) groups is 2. The van der Waals surface area contributed by atoms with Crippen LogP contribution in [0, 0.1) is 5.41 Å². The molecule has 8 nitrogen and oxygen atoms in total. The second-order valence-electron chi connectivity index (χ2n) is 11.3. The summed E-state index contributed by atoms with van der Waals surface area (Å²) in [6.07, 6.45) is 0.333. The summed E-state index contributed by atoms with van der Waals surface area (Å²) in [5.74, 6) is -0.465. The molecule has 0 aliphatic heterocycles. The highest BCUT2D eigenvalue weighted by atomic mass is 19.4. The minimum Gasteiger partial charge on any atom is -0.488 e. The average Bonchev–Trinajstić information content (AvgIpc) is 3.34. The number of halogens is 3. The lowest BCUT2D eigenvalue weighted by Gasteiger charge is -2.21. The van der Waals surface area contributed by atoms with E-state index in [1.807, 2.05) is 50.6 Å². The molecule has 3 aromatic rings. The number of nitrogens with zero attached hydrogens (tertiary/aromatic N) is 1. The zero-order valence-electron chi connectivity index (χ0n) is 25.3. The first-order chi connectivity index (χ1) is 20.3. The van der Waals surface area contributed by atoms with E-state index in [1.165, 1.54) is 6.07 Å². The van der Waals surface area contributed by atoms with Crippen LogP contribution in [0.1, 0.15) is 62.9 Å². The number of fused-ring (bicyclic) bond motifs is 1. The highest BCUT2D eigenvalue weighted by Gasteiger charge is 2.29. The predicted molar refractivity (Wildman–Crippen MR) is 159 cm³/mol. The molecule has 0 saturated carbocycles. The monoisotopic (exact) mass is 605 g/mol. The number of nitrogens with one attached hydrogen (secondary N) is 1. The molecule has 1 amide bonds. The van der Waals surface area contributed by atoms with E-state index in [2.05, 4.69) is 5.32 Å². The molecule has 3 rings (SSSR count). The minimum atomic E-state index is -4.44. The molecule has 1 unspecified atom stereocenters. The molecule has 0 spiro atoms. The molecule has 236 valence electrons. The Bertz CT molecular complexity index is 1370. The Morgan fingerprint density at radius 3 is 2.40 bits per heavy atom. The van der Waals surface area contributed by atoms with Crippen LogP contribution in [0.3, 0.4) is 0 Å². The summed E-state index contributed by atoms with van der Waals surface area (Å²) < 4.78 is 55.5. The van der Waals surface area contributed by atoms with Crippen LogP contribution in [0.2, 0.25) is 0 Å². The number of benzene rings is 2. The van der Waals surface area contributed by atoms with Crippen molar-refractivity contribution in [1.82, 2.24) is 9.88 Å². The molecule has 0 aliphatic carbocycles. The Labute approximate surface area is 250 Å². The van der Waals surface area contributed by atoms with Gasteiger partial charge in [-0.2, -0.15) is 13.2 Å². The van der Waals surface area contributed by atoms with Crippen LogP contribution in [0.15, 0.2) is 48.7 Å². The fourth-order valence-corrected chi connectivity index (χ4v) is 4.97. The van der Waals surface area contributed by atoms with Gasteiger partial charge >= 0.3 is 12.1 Å². The van der Waals surface area contributed by atoms with Crippen molar-refractivity contribution >= 4 is 22.8 Å². The van der Waals surface area contributed by atoms with Crippen molar-refractivity contribution < 1.29 is 37.0 Å². The first-order valence-electron chi connectivity index (χ1n) is 14.5. The van der Waals surface area contributed by atoms with Gasteiger partial charge in [-0.05, 0) is 75.9 Å². The molecule has 1 aromatic heterocycles. The molecule has 0 radical (unpaired) electrons. The highest BCUT2D eigenvalue weighted by molar-refractivity contribution is 6.05. The predicted octanol–water partition coefficient (Wildman–Crippen LogP) is 6.04. The summed E-state index contributed by atoms with van der Waals surface area (Å²) in [7, 11) is 0. The van der Waals surface area contributed by atoms with E-state index < -0.39 is 24.1 Å². The van der Waals surface area contributed by atoms with Gasteiger partial charge in [0, 0.05) is 30.7 Å². The number of aromatic nitrogens is 1. The number of primary amides is 1. The zero-order valence-corrected chi connectivity index (χ0v) is 25.3. The maximum Gasteiger partial charge on any atom is 0.422 e. The number of alkyl halides is 3. The van der Waals surface area contributed by atoms with Gasteiger partial charge < -0.3 is 29.8 Å². The molecule has 0 aliphatic rings. The van der Waals surface area contributed by atoms with Crippen molar-refractivity contribution in [1.29, 1.82) is 0 Å². The minimum absolute atomic E-state index is 0.00669. The second-order valence-corrected chi connectivity index (χ2v) is 11.3. The largest absolute Gasteiger partial charge is 0.488 e. The summed E-state index contributed by atoms with van der Waals surface area (Å²) in [5.41, 5.74) is 7.35. The van der Waals surface area contributed by atoms with Gasteiger partial charge in [-0.25, -0.2) is 0 Å². The summed E-state index contributed by atoms with van der Waals surface area (Å²) in [6.45, 7) is 7.92. The molecule has 0 bridgehead atoms. The zero-order chi connectivity index (χ0) is 31.6. The third-order valence-electron chi connectivity index (χ3n) is 7.02. The molecule has 0 fully saturated rings. The molecule has 43 heavy (non-hydrogen) atoms. The Kier molecular flexibility index (Phi) is 11.9. The molecular formula is C32H42F3N3O5. The van der Waals surface area contributed by atoms with Crippen LogP contribution >= 0.6 is 0 Å². The Morgan fingerprint density at radius 1 is 1.05 bits per heavy atom. The summed E-state index contributed by atoms with van der Waals surface area (Å²) in [5, 5.41) is 4.22. The molecule has 11 heteroatoms. The number of para-hydroxylation sites is 2. The van der Waals surface area contributed by atoms with Gasteiger partial charge in [0.15, 0.2) is 18.1 Å². The normalized spacial score (nSPS) is 12.7. The van der Waals surface area contributed by atoms with E-state index in [-0.39, 0.29) is 36.7 Å². The van der Waals surface area contributed by atoms with Gasteiger partial charge in [0.25, 0.3) is 5.91 Å². The van der Waals surface area contributed by atoms with Gasteiger partial charge in [0.05, 0.1) is 23.1 Å². The lowest BCUT2D eigenvalue weighted by atomic mass is 9.88. The lowest BCUT2D eigenvalue weighted by molar-refractivity contribution is -0.154. The van der Waals surface area contributed by atoms with Gasteiger partial charge in [0.1, 0.15) is 6.61 Å². The van der Waals surface area contributed by atoms with Crippen LogP contribution in [0.4, 0.5) is 13.2 Å². The first kappa shape index (κ1) is 33.8. The fraction of sp³-hybridized carbons (Fsp3) is 0.500. The second kappa shape index (κ2) is 15.1. The van der Waals surface area contributed by atoms with Crippen LogP contribution in [0.25, 0.3) is 10.9 Å². The van der Waals surface area contributed by atoms with E-state index in [4.69, 9.17) is 19.9 Å². The molecule has 0 saturated heterocycles. The van der Waals surface area contributed by atoms with Gasteiger partial charge in [-0.3, -0.25) is 9.59 Å². The van der Waals surface area contributed by atoms with Crippen molar-refractivity contribution in [2.45, 2.75) is 72.1 Å². The van der Waals surface area contributed by atoms with Crippen molar-refractivity contribution in [2.24, 2.45) is 11.1 Å². The van der Waals surface area contributed by atoms with Crippen molar-refractivity contribution in [3.63, 3.8) is 0 Å². The van der Waals surface area contributed by atoms with Crippen LogP contribution in [-0.4, -0.2) is 55.0 Å². The molecule has 1 atom stereocenters. The average molecular weight is 606 g/mol. The Hall–Kier alpha value is -3.73. The van der Waals surface area contributed by atoms with Gasteiger partial charge in [-0.15, -0.1) is 0 Å². The van der Waals surface area contributed by atoms with Crippen molar-refractivity contribution in [3.05, 3.63) is 59.8 Å². The number of ether oxygens (including phenoxy) is 3. The number of amides is 1. The number of hydrogen-bond acceptors (Lipinski definition) is 6. The number of hydrogen-bond donors (Lipinski definition) is 2. The molecular weight excluding hydrogens is 563 g/mol. The Morgan fingerprint density at radius 2 is 1.74 bits per heavy atom. The smallest absolute Gasteiger partial charge is 0.422 e. The van der Waals surface area contributed by atoms with E-state index in [9.17, 15) is 22.8 Å². The molecule has 1 heterocycles. The van der Waals surface area contributed by atoms with E-state index in [0.29, 0.717) is 31.5 Å². The highest BCUT2D eigenvalue weighted by Crippen LogP contribution is 2.29. The third-order valence-corrected chi connectivity index (χ3v) is 7.02. The maximum absolute atomic E-state index is 12.5. The number of esters is 1. The number of carbonyl (C=O) groups excluding carboxylic acids is 2. The topological polar surface area (TPSA) is 105 Å². The van der Waals surface area contributed by atoms with Crippen molar-refractivity contribution in [3.8, 4) is 11.5 Å². The van der Waals surface area contributed by atoms with Crippen LogP contribution in [0.5, 0.6) is 11.5 Å². The lowest BCUT2D eigenvalue weighted by Crippen LogP contribution is -2.32. The van der Waals surface area contributed by atoms with E-state index >= 15 is 0 Å². The van der Waals surface area contributed by atoms with Gasteiger partial charge in [0.2, 0.25) is 0 Å². The summed E-state index contributed by atoms with van der Waals surface area (Å²) in [6, 6.07) is 12.0. The number of rotatable bonds is 17. The summed E-state index contributed by atoms with van der Waals surface area (Å²) in [4.78, 5) is 24.8. The van der Waals surface area contributed by atoms with E-state index in [1.54, 1.807) is 24.3 Å². The standard InChI is InChI=1S/C32H42F3N3O5/c1-5-12-31(3,4)30(40)42-16-8-14-38-15-11-24-19-23(20-25(28(24)38)29(36)39)18-22(2)37-13-17-41-26-9-6-7-10-27(26)43-21-32(33,34)35/h6-7,9-11,15,19-20,22,37H,5,8,12-14,16-18,21H2,1-4H3,(H2,36,39). The number of nitrogens with two attached hydrogens (primary N) is 1. The maximum atomic E-state index is 12.5. The van der Waals surface area contributed by atoms with Crippen molar-refractivity contribution in [2.75, 3.05) is 26.4 Å². The van der Waals surface area contributed by atoms with E-state index in [0.717, 1.165) is 29.3 Å². The molecule has 3 N–H and O–H groups in total. The first-order valence-corrected chi connectivity index (χ1v) is 14.5. The molecule has 2 aromatic carbocycles. The number of aryl methyl sites for hydroxylation is 1. The summed E-state index contributed by atoms with van der Waals surface area (Å²) >= 11 is 0. The van der Waals surface area contributed by atoms with Gasteiger partial charge in [-0.1, -0.05) is 25.5 Å². The Balaban J connectivity index is 1.54. The third kappa shape index (κ3) is 10.2. The fourth-order valence-electron chi connectivity index (χ4n) is 4.97.